The largest absolute Gasteiger partial charge is 0.494 e. The second kappa shape index (κ2) is 10.6. The van der Waals surface area contributed by atoms with Gasteiger partial charge in [-0.25, -0.2) is 9.78 Å². The topological polar surface area (TPSA) is 111 Å². The van der Waals surface area contributed by atoms with E-state index in [9.17, 15) is 4.79 Å². The number of carbonyl (C=O) groups excluding carboxylic acids is 1. The number of anilines is 1. The standard InChI is InChI=1S/C24H23Cl2N5O4S/c1-33-17-7-13(23(32)34-2)8-18-21(17)30-24(36-18)29-6-5-27-9-14-20(31-35-22(14)12-3-4-12)19-15(25)10-28-11-16(19)26/h7-8,10-12,27H,3-6,9H2,1-2H3,(H,29,30). The van der Waals surface area contributed by atoms with Gasteiger partial charge in [-0.2, -0.15) is 0 Å². The molecule has 1 aliphatic rings. The zero-order valence-corrected chi connectivity index (χ0v) is 21.9. The molecule has 36 heavy (non-hydrogen) atoms. The van der Waals surface area contributed by atoms with Crippen LogP contribution in [0.2, 0.25) is 10.0 Å². The van der Waals surface area contributed by atoms with Crippen molar-refractivity contribution in [3.63, 3.8) is 0 Å². The van der Waals surface area contributed by atoms with Crippen LogP contribution in [0, 0.1) is 0 Å². The summed E-state index contributed by atoms with van der Waals surface area (Å²) in [4.78, 5) is 20.6. The molecular weight excluding hydrogens is 525 g/mol. The molecule has 5 rings (SSSR count). The van der Waals surface area contributed by atoms with Crippen molar-refractivity contribution in [3.05, 3.63) is 51.5 Å². The summed E-state index contributed by atoms with van der Waals surface area (Å²) in [6.07, 6.45) is 5.27. The lowest BCUT2D eigenvalue weighted by Gasteiger charge is -2.09. The molecule has 0 bridgehead atoms. The van der Waals surface area contributed by atoms with Gasteiger partial charge in [0.1, 0.15) is 22.7 Å². The minimum Gasteiger partial charge on any atom is -0.494 e. The molecule has 3 aromatic heterocycles. The number of aromatic nitrogens is 3. The van der Waals surface area contributed by atoms with Gasteiger partial charge in [-0.05, 0) is 25.0 Å². The van der Waals surface area contributed by atoms with Crippen molar-refractivity contribution in [1.29, 1.82) is 0 Å². The van der Waals surface area contributed by atoms with Crippen LogP contribution in [-0.4, -0.2) is 48.4 Å². The Bertz CT molecular complexity index is 1400. The van der Waals surface area contributed by atoms with Crippen LogP contribution in [0.3, 0.4) is 0 Å². The van der Waals surface area contributed by atoms with E-state index in [1.165, 1.54) is 18.4 Å². The summed E-state index contributed by atoms with van der Waals surface area (Å²) in [6.45, 7) is 1.84. The van der Waals surface area contributed by atoms with Gasteiger partial charge in [0.15, 0.2) is 5.13 Å². The van der Waals surface area contributed by atoms with Gasteiger partial charge in [-0.1, -0.05) is 39.7 Å². The lowest BCUT2D eigenvalue weighted by Crippen LogP contribution is -2.22. The Hall–Kier alpha value is -2.92. The van der Waals surface area contributed by atoms with E-state index in [4.69, 9.17) is 37.2 Å². The highest BCUT2D eigenvalue weighted by atomic mass is 35.5. The van der Waals surface area contributed by atoms with E-state index in [2.05, 4.69) is 25.8 Å². The number of ether oxygens (including phenoxy) is 2. The average molecular weight is 548 g/mol. The van der Waals surface area contributed by atoms with Crippen molar-refractivity contribution in [2.24, 2.45) is 0 Å². The number of methoxy groups -OCH3 is 2. The number of hydrogen-bond donors (Lipinski definition) is 2. The Morgan fingerprint density at radius 2 is 1.97 bits per heavy atom. The molecule has 0 spiro atoms. The maximum absolute atomic E-state index is 11.9. The monoisotopic (exact) mass is 547 g/mol. The van der Waals surface area contributed by atoms with Gasteiger partial charge in [-0.15, -0.1) is 0 Å². The van der Waals surface area contributed by atoms with Gasteiger partial charge < -0.3 is 24.6 Å². The molecule has 0 unspecified atom stereocenters. The van der Waals surface area contributed by atoms with E-state index >= 15 is 0 Å². The van der Waals surface area contributed by atoms with Crippen molar-refractivity contribution >= 4 is 55.9 Å². The number of thiazole rings is 1. The lowest BCUT2D eigenvalue weighted by atomic mass is 10.0. The molecule has 1 saturated carbocycles. The third-order valence-electron chi connectivity index (χ3n) is 5.84. The van der Waals surface area contributed by atoms with Crippen LogP contribution in [-0.2, 0) is 11.3 Å². The van der Waals surface area contributed by atoms with Gasteiger partial charge in [0.2, 0.25) is 0 Å². The van der Waals surface area contributed by atoms with E-state index < -0.39 is 5.97 Å². The number of nitrogens with one attached hydrogen (secondary N) is 2. The first-order chi connectivity index (χ1) is 17.5. The van der Waals surface area contributed by atoms with Crippen molar-refractivity contribution in [3.8, 4) is 17.0 Å². The highest BCUT2D eigenvalue weighted by Gasteiger charge is 2.33. The molecule has 188 valence electrons. The van der Waals surface area contributed by atoms with Gasteiger partial charge in [0.25, 0.3) is 0 Å². The van der Waals surface area contributed by atoms with E-state index in [-0.39, 0.29) is 0 Å². The Balaban J connectivity index is 1.25. The SMILES string of the molecule is COC(=O)c1cc(OC)c2nc(NCCNCc3c(-c4c(Cl)cncc4Cl)noc3C3CC3)sc2c1. The van der Waals surface area contributed by atoms with Crippen molar-refractivity contribution in [2.75, 3.05) is 32.6 Å². The number of benzene rings is 1. The molecule has 1 fully saturated rings. The number of rotatable bonds is 10. The van der Waals surface area contributed by atoms with Crippen LogP contribution >= 0.6 is 34.5 Å². The number of esters is 1. The molecule has 2 N–H and O–H groups in total. The maximum Gasteiger partial charge on any atom is 0.338 e. The molecule has 0 saturated heterocycles. The van der Waals surface area contributed by atoms with Gasteiger partial charge in [0.05, 0.1) is 34.5 Å². The van der Waals surface area contributed by atoms with E-state index in [1.807, 2.05) is 0 Å². The second-order valence-electron chi connectivity index (χ2n) is 8.27. The third kappa shape index (κ3) is 4.99. The highest BCUT2D eigenvalue weighted by molar-refractivity contribution is 7.22. The molecular formula is C24H23Cl2N5O4S. The molecule has 0 aliphatic heterocycles. The Morgan fingerprint density at radius 1 is 1.19 bits per heavy atom. The minimum atomic E-state index is -0.421. The number of halogens is 2. The van der Waals surface area contributed by atoms with Crippen LogP contribution in [0.5, 0.6) is 5.75 Å². The highest BCUT2D eigenvalue weighted by Crippen LogP contribution is 2.45. The first-order valence-electron chi connectivity index (χ1n) is 11.3. The Kier molecular flexibility index (Phi) is 7.29. The fourth-order valence-corrected chi connectivity index (χ4v) is 5.42. The van der Waals surface area contributed by atoms with Crippen LogP contribution in [0.15, 0.2) is 29.0 Å². The summed E-state index contributed by atoms with van der Waals surface area (Å²) in [5.41, 5.74) is 3.36. The van der Waals surface area contributed by atoms with E-state index in [1.54, 1.807) is 31.6 Å². The van der Waals surface area contributed by atoms with Gasteiger partial charge in [-0.3, -0.25) is 4.98 Å². The fourth-order valence-electron chi connectivity index (χ4n) is 3.93. The number of fused-ring (bicyclic) bond motifs is 1. The number of hydrogen-bond acceptors (Lipinski definition) is 10. The molecule has 1 aromatic carbocycles. The number of pyridine rings is 1. The predicted molar refractivity (Wildman–Crippen MR) is 139 cm³/mol. The Labute approximate surface area is 221 Å². The molecule has 9 nitrogen and oxygen atoms in total. The predicted octanol–water partition coefficient (Wildman–Crippen LogP) is 5.53. The third-order valence-corrected chi connectivity index (χ3v) is 7.37. The molecule has 1 aliphatic carbocycles. The normalized spacial score (nSPS) is 13.2. The van der Waals surface area contributed by atoms with Gasteiger partial charge >= 0.3 is 5.97 Å². The minimum absolute atomic E-state index is 0.383. The summed E-state index contributed by atoms with van der Waals surface area (Å²) in [7, 11) is 2.90. The number of nitrogens with zero attached hydrogens (tertiary/aromatic N) is 3. The molecule has 0 amide bonds. The van der Waals surface area contributed by atoms with E-state index in [0.29, 0.717) is 63.7 Å². The van der Waals surface area contributed by atoms with Crippen LogP contribution < -0.4 is 15.4 Å². The van der Waals surface area contributed by atoms with Crippen LogP contribution in [0.4, 0.5) is 5.13 Å². The number of carbonyl (C=O) groups is 1. The second-order valence-corrected chi connectivity index (χ2v) is 10.1. The van der Waals surface area contributed by atoms with Crippen molar-refractivity contribution in [2.45, 2.75) is 25.3 Å². The van der Waals surface area contributed by atoms with Crippen molar-refractivity contribution < 1.29 is 18.8 Å². The molecule has 12 heteroatoms. The maximum atomic E-state index is 11.9. The fraction of sp³-hybridized carbons (Fsp3) is 0.333. The zero-order valence-electron chi connectivity index (χ0n) is 19.6. The molecule has 3 heterocycles. The Morgan fingerprint density at radius 3 is 2.67 bits per heavy atom. The average Bonchev–Trinajstić information content (AvgIpc) is 3.51. The summed E-state index contributed by atoms with van der Waals surface area (Å²) in [5.74, 6) is 1.37. The smallest absolute Gasteiger partial charge is 0.338 e. The molecule has 4 aromatic rings. The van der Waals surface area contributed by atoms with Crippen LogP contribution in [0.25, 0.3) is 21.5 Å². The summed E-state index contributed by atoms with van der Waals surface area (Å²) < 4.78 is 16.8. The van der Waals surface area contributed by atoms with E-state index in [0.717, 1.165) is 34.0 Å². The summed E-state index contributed by atoms with van der Waals surface area (Å²) in [5, 5.41) is 12.7. The zero-order chi connectivity index (χ0) is 25.2. The first-order valence-corrected chi connectivity index (χ1v) is 12.9. The molecule has 0 atom stereocenters. The first kappa shape index (κ1) is 24.8. The lowest BCUT2D eigenvalue weighted by molar-refractivity contribution is 0.0600. The van der Waals surface area contributed by atoms with Crippen molar-refractivity contribution in [1.82, 2.24) is 20.4 Å². The van der Waals surface area contributed by atoms with Gasteiger partial charge in [0, 0.05) is 49.1 Å². The van der Waals surface area contributed by atoms with Crippen LogP contribution in [0.1, 0.15) is 40.4 Å². The molecule has 0 radical (unpaired) electrons. The summed E-state index contributed by atoms with van der Waals surface area (Å²) >= 11 is 14.2. The quantitative estimate of drug-likeness (QED) is 0.195. The summed E-state index contributed by atoms with van der Waals surface area (Å²) in [6, 6.07) is 3.39.